The zero-order valence-corrected chi connectivity index (χ0v) is 8.24. The fourth-order valence-corrected chi connectivity index (χ4v) is 2.58. The molecule has 0 aromatic carbocycles. The molecule has 0 saturated heterocycles. The average molecular weight is 183 g/mol. The van der Waals surface area contributed by atoms with Crippen molar-refractivity contribution >= 4 is 17.6 Å². The maximum absolute atomic E-state index is 4.46. The van der Waals surface area contributed by atoms with Gasteiger partial charge in [-0.15, -0.1) is 0 Å². The molecule has 0 bridgehead atoms. The number of aryl methyl sites for hydroxylation is 1. The number of thioether (sulfide) groups is 1. The number of fused-ring (bicyclic) bond motifs is 1. The van der Waals surface area contributed by atoms with E-state index in [0.717, 1.165) is 12.2 Å². The number of rotatable bonds is 1. The maximum Gasteiger partial charge on any atom is 0.127 e. The Kier molecular flexibility index (Phi) is 2.00. The molecule has 66 valence electrons. The molecule has 0 unspecified atom stereocenters. The monoisotopic (exact) mass is 183 g/mol. The lowest BCUT2D eigenvalue weighted by Gasteiger charge is -2.10. The van der Waals surface area contributed by atoms with Crippen molar-refractivity contribution in [3.63, 3.8) is 0 Å². The van der Waals surface area contributed by atoms with Crippen molar-refractivity contribution in [3.05, 3.63) is 11.3 Å². The lowest BCUT2D eigenvalue weighted by atomic mass is 10.2. The summed E-state index contributed by atoms with van der Waals surface area (Å²) < 4.78 is 1.94. The van der Waals surface area contributed by atoms with E-state index >= 15 is 0 Å². The third kappa shape index (κ3) is 1.10. The molecule has 0 saturated carbocycles. The summed E-state index contributed by atoms with van der Waals surface area (Å²) in [4.78, 5) is 0. The van der Waals surface area contributed by atoms with E-state index in [0.29, 0.717) is 0 Å². The molecule has 0 atom stereocenters. The van der Waals surface area contributed by atoms with Crippen molar-refractivity contribution in [3.8, 4) is 0 Å². The van der Waals surface area contributed by atoms with Crippen molar-refractivity contribution in [1.29, 1.82) is 0 Å². The van der Waals surface area contributed by atoms with Gasteiger partial charge in [0.2, 0.25) is 0 Å². The third-order valence-corrected chi connectivity index (χ3v) is 3.17. The minimum absolute atomic E-state index is 1.07. The predicted molar refractivity (Wildman–Crippen MR) is 52.6 cm³/mol. The Bertz CT molecular complexity index is 293. The van der Waals surface area contributed by atoms with Gasteiger partial charge in [0.15, 0.2) is 0 Å². The van der Waals surface area contributed by atoms with Crippen molar-refractivity contribution < 1.29 is 0 Å². The molecule has 1 aliphatic heterocycles. The van der Waals surface area contributed by atoms with Gasteiger partial charge in [-0.1, -0.05) is 0 Å². The summed E-state index contributed by atoms with van der Waals surface area (Å²) in [7, 11) is 3.95. The molecule has 12 heavy (non-hydrogen) atoms. The smallest absolute Gasteiger partial charge is 0.127 e. The highest BCUT2D eigenvalue weighted by molar-refractivity contribution is 7.98. The van der Waals surface area contributed by atoms with Crippen LogP contribution in [0, 0.1) is 0 Å². The normalized spacial score (nSPS) is 15.8. The fraction of sp³-hybridized carbons (Fsp3) is 0.625. The summed E-state index contributed by atoms with van der Waals surface area (Å²) in [5, 5.41) is 7.65. The molecule has 1 aromatic heterocycles. The quantitative estimate of drug-likeness (QED) is 0.710. The number of aromatic nitrogens is 2. The van der Waals surface area contributed by atoms with Gasteiger partial charge in [-0.05, 0) is 12.2 Å². The number of anilines is 1. The lowest BCUT2D eigenvalue weighted by molar-refractivity contribution is 0.761. The number of nitrogens with zero attached hydrogens (tertiary/aromatic N) is 2. The van der Waals surface area contributed by atoms with Crippen LogP contribution >= 0.6 is 11.8 Å². The second-order valence-electron chi connectivity index (χ2n) is 2.95. The van der Waals surface area contributed by atoms with E-state index in [2.05, 4.69) is 10.4 Å². The van der Waals surface area contributed by atoms with Crippen molar-refractivity contribution in [2.24, 2.45) is 7.05 Å². The molecular formula is C8H13N3S. The van der Waals surface area contributed by atoms with Crippen LogP contribution in [0.25, 0.3) is 0 Å². The van der Waals surface area contributed by atoms with Gasteiger partial charge in [0.05, 0.1) is 5.69 Å². The molecule has 2 heterocycles. The third-order valence-electron chi connectivity index (χ3n) is 2.20. The first-order valence-corrected chi connectivity index (χ1v) is 5.28. The van der Waals surface area contributed by atoms with Gasteiger partial charge in [-0.3, -0.25) is 4.68 Å². The summed E-state index contributed by atoms with van der Waals surface area (Å²) in [5.74, 6) is 3.49. The number of hydrogen-bond donors (Lipinski definition) is 1. The van der Waals surface area contributed by atoms with Crippen LogP contribution < -0.4 is 5.32 Å². The number of hydrogen-bond acceptors (Lipinski definition) is 3. The molecule has 1 N–H and O–H groups in total. The van der Waals surface area contributed by atoms with Gasteiger partial charge in [0.25, 0.3) is 0 Å². The Morgan fingerprint density at radius 2 is 2.42 bits per heavy atom. The van der Waals surface area contributed by atoms with Crippen molar-refractivity contribution in [1.82, 2.24) is 9.78 Å². The summed E-state index contributed by atoms with van der Waals surface area (Å²) in [6, 6.07) is 0. The topological polar surface area (TPSA) is 29.9 Å². The summed E-state index contributed by atoms with van der Waals surface area (Å²) in [6.45, 7) is 0. The average Bonchev–Trinajstić information content (AvgIpc) is 2.40. The molecule has 1 aliphatic rings. The standard InChI is InChI=1S/C8H13N3S/c1-9-8-6-3-4-12-5-7(6)10-11(8)2/h9H,3-5H2,1-2H3. The van der Waals surface area contributed by atoms with Gasteiger partial charge in [-0.25, -0.2) is 0 Å². The molecule has 4 heteroatoms. The van der Waals surface area contributed by atoms with E-state index in [1.165, 1.54) is 22.8 Å². The number of nitrogens with one attached hydrogen (secondary N) is 1. The maximum atomic E-state index is 4.46. The van der Waals surface area contributed by atoms with Crippen molar-refractivity contribution in [2.75, 3.05) is 18.1 Å². The first kappa shape index (κ1) is 7.98. The van der Waals surface area contributed by atoms with Crippen LogP contribution in [-0.2, 0) is 19.2 Å². The Balaban J connectivity index is 2.46. The van der Waals surface area contributed by atoms with Crippen LogP contribution in [0.2, 0.25) is 0 Å². The summed E-state index contributed by atoms with van der Waals surface area (Å²) in [6.07, 6.45) is 1.16. The molecule has 0 spiro atoms. The molecule has 1 aromatic rings. The van der Waals surface area contributed by atoms with E-state index in [9.17, 15) is 0 Å². The highest BCUT2D eigenvalue weighted by atomic mass is 32.2. The van der Waals surface area contributed by atoms with Gasteiger partial charge in [-0.2, -0.15) is 16.9 Å². The van der Waals surface area contributed by atoms with Gasteiger partial charge in [0, 0.05) is 25.4 Å². The lowest BCUT2D eigenvalue weighted by Crippen LogP contribution is -2.03. The predicted octanol–water partition coefficient (Wildman–Crippen LogP) is 1.25. The first-order valence-electron chi connectivity index (χ1n) is 4.13. The van der Waals surface area contributed by atoms with E-state index in [1.54, 1.807) is 0 Å². The van der Waals surface area contributed by atoms with Crippen LogP contribution in [0.5, 0.6) is 0 Å². The zero-order valence-electron chi connectivity index (χ0n) is 7.42. The minimum atomic E-state index is 1.07. The van der Waals surface area contributed by atoms with Crippen LogP contribution in [0.3, 0.4) is 0 Å². The van der Waals surface area contributed by atoms with Crippen LogP contribution in [0.1, 0.15) is 11.3 Å². The molecule has 2 rings (SSSR count). The minimum Gasteiger partial charge on any atom is -0.373 e. The zero-order chi connectivity index (χ0) is 8.55. The van der Waals surface area contributed by atoms with E-state index in [4.69, 9.17) is 0 Å². The molecule has 0 radical (unpaired) electrons. The Morgan fingerprint density at radius 1 is 1.58 bits per heavy atom. The Labute approximate surface area is 76.5 Å². The van der Waals surface area contributed by atoms with Gasteiger partial charge >= 0.3 is 0 Å². The van der Waals surface area contributed by atoms with E-state index in [-0.39, 0.29) is 0 Å². The second kappa shape index (κ2) is 3.01. The van der Waals surface area contributed by atoms with Crippen LogP contribution in [0.4, 0.5) is 5.82 Å². The van der Waals surface area contributed by atoms with E-state index < -0.39 is 0 Å². The molecule has 0 fully saturated rings. The summed E-state index contributed by atoms with van der Waals surface area (Å²) >= 11 is 1.97. The largest absolute Gasteiger partial charge is 0.373 e. The molecular weight excluding hydrogens is 170 g/mol. The van der Waals surface area contributed by atoms with Crippen LogP contribution in [-0.4, -0.2) is 22.6 Å². The highest BCUT2D eigenvalue weighted by Crippen LogP contribution is 2.28. The van der Waals surface area contributed by atoms with E-state index in [1.807, 2.05) is 30.5 Å². The van der Waals surface area contributed by atoms with Gasteiger partial charge < -0.3 is 5.32 Å². The molecule has 0 aliphatic carbocycles. The molecule has 3 nitrogen and oxygen atoms in total. The highest BCUT2D eigenvalue weighted by Gasteiger charge is 2.17. The summed E-state index contributed by atoms with van der Waals surface area (Å²) in [5.41, 5.74) is 2.68. The Morgan fingerprint density at radius 3 is 3.17 bits per heavy atom. The SMILES string of the molecule is CNc1c2c(nn1C)CSCC2. The molecule has 0 amide bonds. The second-order valence-corrected chi connectivity index (χ2v) is 4.06. The van der Waals surface area contributed by atoms with Gasteiger partial charge in [0.1, 0.15) is 5.82 Å². The van der Waals surface area contributed by atoms with Crippen LogP contribution in [0.15, 0.2) is 0 Å². The van der Waals surface area contributed by atoms with Crippen molar-refractivity contribution in [2.45, 2.75) is 12.2 Å². The Hall–Kier alpha value is -0.640. The first-order chi connectivity index (χ1) is 5.83. The fourth-order valence-electron chi connectivity index (χ4n) is 1.66.